The van der Waals surface area contributed by atoms with Crippen molar-refractivity contribution in [1.29, 1.82) is 0 Å². The number of halogens is 3. The summed E-state index contributed by atoms with van der Waals surface area (Å²) in [6.07, 6.45) is 1.63. The Bertz CT molecular complexity index is 530. The summed E-state index contributed by atoms with van der Waals surface area (Å²) < 4.78 is 3.08. The van der Waals surface area contributed by atoms with Crippen molar-refractivity contribution in [3.8, 4) is 0 Å². The fourth-order valence-corrected chi connectivity index (χ4v) is 3.66. The first kappa shape index (κ1) is 14.2. The number of thiophene rings is 1. The Morgan fingerprint density at radius 1 is 1.44 bits per heavy atom. The Morgan fingerprint density at radius 2 is 2.17 bits per heavy atom. The van der Waals surface area contributed by atoms with E-state index in [0.29, 0.717) is 13.7 Å². The van der Waals surface area contributed by atoms with Crippen molar-refractivity contribution >= 4 is 46.1 Å². The van der Waals surface area contributed by atoms with Gasteiger partial charge in [0.2, 0.25) is 0 Å². The fraction of sp³-hybridized carbons (Fsp3) is 0.364. The third kappa shape index (κ3) is 2.68. The highest BCUT2D eigenvalue weighted by Gasteiger charge is 2.24. The van der Waals surface area contributed by atoms with Crippen molar-refractivity contribution in [3.05, 3.63) is 37.2 Å². The van der Waals surface area contributed by atoms with E-state index in [1.165, 1.54) is 11.3 Å². The van der Waals surface area contributed by atoms with Crippen LogP contribution in [0.3, 0.4) is 0 Å². The van der Waals surface area contributed by atoms with E-state index in [4.69, 9.17) is 34.8 Å². The molecule has 2 rings (SSSR count). The highest BCUT2D eigenvalue weighted by Crippen LogP contribution is 2.38. The van der Waals surface area contributed by atoms with Crippen molar-refractivity contribution in [1.82, 2.24) is 15.1 Å². The molecule has 0 spiro atoms. The van der Waals surface area contributed by atoms with Gasteiger partial charge in [0.25, 0.3) is 0 Å². The Labute approximate surface area is 125 Å². The van der Waals surface area contributed by atoms with Crippen molar-refractivity contribution in [2.24, 2.45) is 7.05 Å². The van der Waals surface area contributed by atoms with Gasteiger partial charge in [-0.25, -0.2) is 0 Å². The second-order valence-corrected chi connectivity index (χ2v) is 6.46. The summed E-state index contributed by atoms with van der Waals surface area (Å²) in [7, 11) is 1.85. The first-order valence-corrected chi connectivity index (χ1v) is 7.35. The molecule has 18 heavy (non-hydrogen) atoms. The molecule has 0 aliphatic carbocycles. The standard InChI is InChI=1S/C11H12Cl3N3S/c1-3-15-9(6-4-8(13)18-11(6)14)10-7(12)5-16-17(10)2/h4-5,9,15H,3H2,1-2H3. The van der Waals surface area contributed by atoms with Gasteiger partial charge in [0.05, 0.1) is 31.6 Å². The van der Waals surface area contributed by atoms with Crippen LogP contribution in [0.15, 0.2) is 12.3 Å². The number of rotatable bonds is 4. The molecule has 0 saturated heterocycles. The second-order valence-electron chi connectivity index (χ2n) is 3.77. The highest BCUT2D eigenvalue weighted by molar-refractivity contribution is 7.20. The van der Waals surface area contributed by atoms with Gasteiger partial charge >= 0.3 is 0 Å². The third-order valence-electron chi connectivity index (χ3n) is 2.61. The van der Waals surface area contributed by atoms with E-state index in [1.54, 1.807) is 10.9 Å². The third-order valence-corrected chi connectivity index (χ3v) is 4.42. The largest absolute Gasteiger partial charge is 0.305 e. The van der Waals surface area contributed by atoms with E-state index in [9.17, 15) is 0 Å². The van der Waals surface area contributed by atoms with Crippen LogP contribution in [0, 0.1) is 0 Å². The molecule has 1 atom stereocenters. The van der Waals surface area contributed by atoms with Gasteiger partial charge in [0, 0.05) is 12.6 Å². The van der Waals surface area contributed by atoms with Gasteiger partial charge in [-0.1, -0.05) is 41.7 Å². The maximum Gasteiger partial charge on any atom is 0.0996 e. The maximum atomic E-state index is 6.22. The molecular formula is C11H12Cl3N3S. The molecule has 2 aromatic rings. The van der Waals surface area contributed by atoms with E-state index in [0.717, 1.165) is 17.8 Å². The SMILES string of the molecule is CCNC(c1cc(Cl)sc1Cl)c1c(Cl)cnn1C. The molecule has 7 heteroatoms. The Balaban J connectivity index is 2.49. The average Bonchev–Trinajstić information content (AvgIpc) is 2.80. The van der Waals surface area contributed by atoms with Gasteiger partial charge in [-0.05, 0) is 12.6 Å². The quantitative estimate of drug-likeness (QED) is 0.916. The van der Waals surface area contributed by atoms with Gasteiger partial charge in [-0.2, -0.15) is 5.10 Å². The minimum Gasteiger partial charge on any atom is -0.305 e. The van der Waals surface area contributed by atoms with E-state index >= 15 is 0 Å². The molecule has 2 heterocycles. The van der Waals surface area contributed by atoms with Crippen molar-refractivity contribution in [2.45, 2.75) is 13.0 Å². The van der Waals surface area contributed by atoms with Crippen LogP contribution in [-0.4, -0.2) is 16.3 Å². The number of aryl methyl sites for hydroxylation is 1. The van der Waals surface area contributed by atoms with Crippen LogP contribution in [0.4, 0.5) is 0 Å². The van der Waals surface area contributed by atoms with Crippen molar-refractivity contribution in [2.75, 3.05) is 6.54 Å². The number of nitrogens with zero attached hydrogens (tertiary/aromatic N) is 2. The number of aromatic nitrogens is 2. The average molecular weight is 325 g/mol. The zero-order valence-corrected chi connectivity index (χ0v) is 13.0. The van der Waals surface area contributed by atoms with Gasteiger partial charge in [0.15, 0.2) is 0 Å². The van der Waals surface area contributed by atoms with E-state index in [2.05, 4.69) is 10.4 Å². The fourth-order valence-electron chi connectivity index (χ4n) is 1.85. The van der Waals surface area contributed by atoms with E-state index in [-0.39, 0.29) is 6.04 Å². The summed E-state index contributed by atoms with van der Waals surface area (Å²) in [5.41, 5.74) is 1.81. The lowest BCUT2D eigenvalue weighted by Gasteiger charge is -2.18. The summed E-state index contributed by atoms with van der Waals surface area (Å²) in [5, 5.41) is 8.12. The Hall–Kier alpha value is -0.260. The summed E-state index contributed by atoms with van der Waals surface area (Å²) in [5.74, 6) is 0. The first-order valence-electron chi connectivity index (χ1n) is 5.40. The molecule has 0 bridgehead atoms. The molecule has 0 amide bonds. The number of nitrogens with one attached hydrogen (secondary N) is 1. The molecule has 3 nitrogen and oxygen atoms in total. The molecule has 1 unspecified atom stereocenters. The molecular weight excluding hydrogens is 313 g/mol. The molecule has 98 valence electrons. The molecule has 0 aromatic carbocycles. The molecule has 0 aliphatic rings. The van der Waals surface area contributed by atoms with E-state index < -0.39 is 0 Å². The topological polar surface area (TPSA) is 29.9 Å². The minimum atomic E-state index is -0.105. The summed E-state index contributed by atoms with van der Waals surface area (Å²) in [4.78, 5) is 0. The zero-order valence-electron chi connectivity index (χ0n) is 9.88. The van der Waals surface area contributed by atoms with Gasteiger partial charge in [-0.3, -0.25) is 4.68 Å². The molecule has 0 radical (unpaired) electrons. The molecule has 0 saturated carbocycles. The monoisotopic (exact) mass is 323 g/mol. The predicted octanol–water partition coefficient (Wildman–Crippen LogP) is 4.14. The van der Waals surface area contributed by atoms with Crippen molar-refractivity contribution < 1.29 is 0 Å². The Kier molecular flexibility index (Phi) is 4.56. The van der Waals surface area contributed by atoms with Crippen LogP contribution in [0.1, 0.15) is 24.2 Å². The molecule has 2 aromatic heterocycles. The van der Waals surface area contributed by atoms with Crippen molar-refractivity contribution in [3.63, 3.8) is 0 Å². The summed E-state index contributed by atoms with van der Waals surface area (Å²) in [6.45, 7) is 2.81. The van der Waals surface area contributed by atoms with Gasteiger partial charge in [0.1, 0.15) is 0 Å². The molecule has 1 N–H and O–H groups in total. The maximum absolute atomic E-state index is 6.22. The Morgan fingerprint density at radius 3 is 2.61 bits per heavy atom. The van der Waals surface area contributed by atoms with Crippen LogP contribution < -0.4 is 5.32 Å². The van der Waals surface area contributed by atoms with Crippen LogP contribution in [0.25, 0.3) is 0 Å². The summed E-state index contributed by atoms with van der Waals surface area (Å²) in [6, 6.07) is 1.76. The van der Waals surface area contributed by atoms with Gasteiger partial charge in [-0.15, -0.1) is 11.3 Å². The molecule has 0 fully saturated rings. The van der Waals surface area contributed by atoms with Crippen LogP contribution >= 0.6 is 46.1 Å². The second kappa shape index (κ2) is 5.80. The predicted molar refractivity (Wildman–Crippen MR) is 78.1 cm³/mol. The number of hydrogen-bond donors (Lipinski definition) is 1. The van der Waals surface area contributed by atoms with E-state index in [1.807, 2.05) is 20.0 Å². The van der Waals surface area contributed by atoms with Crippen LogP contribution in [-0.2, 0) is 7.05 Å². The minimum absolute atomic E-state index is 0.105. The normalized spacial score (nSPS) is 12.9. The lowest BCUT2D eigenvalue weighted by Crippen LogP contribution is -2.24. The van der Waals surface area contributed by atoms with Gasteiger partial charge < -0.3 is 5.32 Å². The lowest BCUT2D eigenvalue weighted by molar-refractivity contribution is 0.574. The highest BCUT2D eigenvalue weighted by atomic mass is 35.5. The summed E-state index contributed by atoms with van der Waals surface area (Å²) >= 11 is 19.8. The van der Waals surface area contributed by atoms with Crippen LogP contribution in [0.5, 0.6) is 0 Å². The zero-order chi connectivity index (χ0) is 13.3. The molecule has 0 aliphatic heterocycles. The lowest BCUT2D eigenvalue weighted by atomic mass is 10.1. The smallest absolute Gasteiger partial charge is 0.0996 e. The number of hydrogen-bond acceptors (Lipinski definition) is 3. The van der Waals surface area contributed by atoms with Crippen LogP contribution in [0.2, 0.25) is 13.7 Å². The first-order chi connectivity index (χ1) is 8.54.